The van der Waals surface area contributed by atoms with Crippen LogP contribution in [0.5, 0.6) is 0 Å². The Balaban J connectivity index is 4.01. The number of esters is 2. The van der Waals surface area contributed by atoms with E-state index in [-0.39, 0.29) is 30.6 Å². The number of carbonyl (C=O) groups is 3. The molecule has 6 nitrogen and oxygen atoms in total. The van der Waals surface area contributed by atoms with Gasteiger partial charge in [-0.3, -0.25) is 4.79 Å². The maximum Gasteiger partial charge on any atom is 0.331 e. The van der Waals surface area contributed by atoms with Gasteiger partial charge in [-0.15, -0.1) is 0 Å². The second-order valence-corrected chi connectivity index (χ2v) is 5.01. The molecule has 20 heavy (non-hydrogen) atoms. The molecule has 0 heterocycles. The first-order valence-electron chi connectivity index (χ1n) is 6.58. The summed E-state index contributed by atoms with van der Waals surface area (Å²) in [6.45, 7) is 8.74. The number of amides is 1. The van der Waals surface area contributed by atoms with Crippen LogP contribution in [0.25, 0.3) is 0 Å². The van der Waals surface area contributed by atoms with Crippen LogP contribution in [-0.2, 0) is 23.9 Å². The van der Waals surface area contributed by atoms with Gasteiger partial charge in [-0.25, -0.2) is 9.59 Å². The van der Waals surface area contributed by atoms with Crippen LogP contribution in [0, 0.1) is 5.92 Å². The van der Waals surface area contributed by atoms with Crippen LogP contribution in [-0.4, -0.2) is 36.6 Å². The van der Waals surface area contributed by atoms with E-state index in [0.717, 1.165) is 12.2 Å². The summed E-state index contributed by atoms with van der Waals surface area (Å²) in [7, 11) is 0. The average Bonchev–Trinajstić information content (AvgIpc) is 2.32. The fourth-order valence-electron chi connectivity index (χ4n) is 1.11. The highest BCUT2D eigenvalue weighted by molar-refractivity contribution is 5.91. The Bertz CT molecular complexity index is 374. The minimum atomic E-state index is -0.656. The SMILES string of the molecule is CC(C)OC(=O)C=CC(=O)OC[C@@H](C)NC(=O)C(C)C. The molecule has 0 fully saturated rings. The zero-order valence-electron chi connectivity index (χ0n) is 12.6. The van der Waals surface area contributed by atoms with Crippen LogP contribution >= 0.6 is 0 Å². The predicted octanol–water partition coefficient (Wildman–Crippen LogP) is 1.20. The predicted molar refractivity (Wildman–Crippen MR) is 73.8 cm³/mol. The summed E-state index contributed by atoms with van der Waals surface area (Å²) in [6, 6.07) is -0.287. The summed E-state index contributed by atoms with van der Waals surface area (Å²) in [5, 5.41) is 2.69. The van der Waals surface area contributed by atoms with Crippen molar-refractivity contribution < 1.29 is 23.9 Å². The fourth-order valence-corrected chi connectivity index (χ4v) is 1.11. The van der Waals surface area contributed by atoms with Crippen molar-refractivity contribution in [3.63, 3.8) is 0 Å². The van der Waals surface area contributed by atoms with E-state index in [1.807, 2.05) is 0 Å². The van der Waals surface area contributed by atoms with Crippen molar-refractivity contribution in [1.82, 2.24) is 5.32 Å². The lowest BCUT2D eigenvalue weighted by Gasteiger charge is -2.15. The Morgan fingerprint density at radius 3 is 2.05 bits per heavy atom. The molecule has 0 saturated heterocycles. The van der Waals surface area contributed by atoms with Gasteiger partial charge >= 0.3 is 11.9 Å². The lowest BCUT2D eigenvalue weighted by Crippen LogP contribution is -2.38. The zero-order chi connectivity index (χ0) is 15.7. The third-order valence-corrected chi connectivity index (χ3v) is 2.10. The van der Waals surface area contributed by atoms with E-state index >= 15 is 0 Å². The fraction of sp³-hybridized carbons (Fsp3) is 0.643. The van der Waals surface area contributed by atoms with Gasteiger partial charge < -0.3 is 14.8 Å². The van der Waals surface area contributed by atoms with Gasteiger partial charge in [0.25, 0.3) is 0 Å². The monoisotopic (exact) mass is 285 g/mol. The van der Waals surface area contributed by atoms with Gasteiger partial charge in [-0.1, -0.05) is 13.8 Å². The summed E-state index contributed by atoms with van der Waals surface area (Å²) in [4.78, 5) is 33.9. The van der Waals surface area contributed by atoms with Crippen LogP contribution < -0.4 is 5.32 Å². The summed E-state index contributed by atoms with van der Waals surface area (Å²) in [6.07, 6.45) is 1.77. The molecule has 0 bridgehead atoms. The molecule has 0 aromatic carbocycles. The van der Waals surface area contributed by atoms with Crippen LogP contribution in [0.4, 0.5) is 0 Å². The van der Waals surface area contributed by atoms with E-state index in [2.05, 4.69) is 5.32 Å². The number of nitrogens with one attached hydrogen (secondary N) is 1. The minimum Gasteiger partial charge on any atom is -0.460 e. The van der Waals surface area contributed by atoms with Crippen molar-refractivity contribution in [1.29, 1.82) is 0 Å². The average molecular weight is 285 g/mol. The largest absolute Gasteiger partial charge is 0.460 e. The molecule has 0 saturated carbocycles. The zero-order valence-corrected chi connectivity index (χ0v) is 12.6. The second-order valence-electron chi connectivity index (χ2n) is 5.01. The number of carbonyl (C=O) groups excluding carboxylic acids is 3. The van der Waals surface area contributed by atoms with Gasteiger partial charge in [0.05, 0.1) is 12.1 Å². The number of hydrogen-bond acceptors (Lipinski definition) is 5. The van der Waals surface area contributed by atoms with Gasteiger partial charge in [-0.2, -0.15) is 0 Å². The molecule has 0 aliphatic heterocycles. The molecule has 0 rings (SSSR count). The quantitative estimate of drug-likeness (QED) is 0.561. The Morgan fingerprint density at radius 2 is 1.55 bits per heavy atom. The van der Waals surface area contributed by atoms with Crippen molar-refractivity contribution in [2.24, 2.45) is 5.92 Å². The van der Waals surface area contributed by atoms with Gasteiger partial charge in [0.15, 0.2) is 0 Å². The third-order valence-electron chi connectivity index (χ3n) is 2.10. The van der Waals surface area contributed by atoms with Crippen LogP contribution in [0.1, 0.15) is 34.6 Å². The topological polar surface area (TPSA) is 81.7 Å². The number of hydrogen-bond donors (Lipinski definition) is 1. The Morgan fingerprint density at radius 1 is 1.00 bits per heavy atom. The number of ether oxygens (including phenoxy) is 2. The molecule has 0 aromatic heterocycles. The van der Waals surface area contributed by atoms with Crippen molar-refractivity contribution in [3.8, 4) is 0 Å². The normalized spacial score (nSPS) is 12.6. The Hall–Kier alpha value is -1.85. The minimum absolute atomic E-state index is 0.0425. The van der Waals surface area contributed by atoms with E-state index in [4.69, 9.17) is 9.47 Å². The highest BCUT2D eigenvalue weighted by Crippen LogP contribution is 1.95. The van der Waals surface area contributed by atoms with E-state index < -0.39 is 11.9 Å². The van der Waals surface area contributed by atoms with Gasteiger partial charge in [-0.05, 0) is 20.8 Å². The smallest absolute Gasteiger partial charge is 0.331 e. The van der Waals surface area contributed by atoms with Crippen molar-refractivity contribution in [3.05, 3.63) is 12.2 Å². The molecule has 1 N–H and O–H groups in total. The third kappa shape index (κ3) is 9.13. The first-order chi connectivity index (χ1) is 9.22. The Labute approximate surface area is 119 Å². The molecule has 114 valence electrons. The Kier molecular flexibility index (Phi) is 8.27. The summed E-state index contributed by atoms with van der Waals surface area (Å²) < 4.78 is 9.71. The molecule has 6 heteroatoms. The van der Waals surface area contributed by atoms with Crippen molar-refractivity contribution in [2.75, 3.05) is 6.61 Å². The molecular weight excluding hydrogens is 262 g/mol. The molecule has 0 unspecified atom stereocenters. The molecule has 0 aliphatic carbocycles. The van der Waals surface area contributed by atoms with E-state index in [1.54, 1.807) is 34.6 Å². The lowest BCUT2D eigenvalue weighted by atomic mass is 10.2. The molecule has 1 amide bonds. The molecule has 1 atom stereocenters. The standard InChI is InChI=1S/C14H23NO5/c1-9(2)14(18)15-11(5)8-19-12(16)6-7-13(17)20-10(3)4/h6-7,9-11H,8H2,1-5H3,(H,15,18)/t11-/m1/s1. The first kappa shape index (κ1) is 18.1. The van der Waals surface area contributed by atoms with E-state index in [0.29, 0.717) is 0 Å². The van der Waals surface area contributed by atoms with Gasteiger partial charge in [0, 0.05) is 18.1 Å². The second kappa shape index (κ2) is 9.12. The van der Waals surface area contributed by atoms with Crippen LogP contribution in [0.15, 0.2) is 12.2 Å². The summed E-state index contributed by atoms with van der Waals surface area (Å²) >= 11 is 0. The van der Waals surface area contributed by atoms with Crippen molar-refractivity contribution >= 4 is 17.8 Å². The summed E-state index contributed by atoms with van der Waals surface area (Å²) in [5.74, 6) is -1.49. The van der Waals surface area contributed by atoms with Crippen LogP contribution in [0.2, 0.25) is 0 Å². The molecule has 0 spiro atoms. The van der Waals surface area contributed by atoms with E-state index in [1.165, 1.54) is 0 Å². The van der Waals surface area contributed by atoms with Gasteiger partial charge in [0.1, 0.15) is 6.61 Å². The lowest BCUT2D eigenvalue weighted by molar-refractivity contribution is -0.143. The van der Waals surface area contributed by atoms with Gasteiger partial charge in [0.2, 0.25) is 5.91 Å². The molecular formula is C14H23NO5. The number of rotatable bonds is 7. The summed E-state index contributed by atoms with van der Waals surface area (Å²) in [5.41, 5.74) is 0. The highest BCUT2D eigenvalue weighted by atomic mass is 16.5. The molecule has 0 aromatic rings. The highest BCUT2D eigenvalue weighted by Gasteiger charge is 2.12. The molecule has 0 radical (unpaired) electrons. The first-order valence-corrected chi connectivity index (χ1v) is 6.58. The van der Waals surface area contributed by atoms with Crippen molar-refractivity contribution in [2.45, 2.75) is 46.8 Å². The van der Waals surface area contributed by atoms with E-state index in [9.17, 15) is 14.4 Å². The van der Waals surface area contributed by atoms with Crippen LogP contribution in [0.3, 0.4) is 0 Å². The maximum atomic E-state index is 11.4. The molecule has 0 aliphatic rings. The maximum absolute atomic E-state index is 11.4.